The van der Waals surface area contributed by atoms with E-state index in [1.165, 1.54) is 25.0 Å². The fourth-order valence-electron chi connectivity index (χ4n) is 4.97. The first-order valence-corrected chi connectivity index (χ1v) is 12.0. The van der Waals surface area contributed by atoms with Gasteiger partial charge in [0.25, 0.3) is 0 Å². The third kappa shape index (κ3) is 5.25. The summed E-state index contributed by atoms with van der Waals surface area (Å²) in [5, 5.41) is 9.83. The number of benzene rings is 3. The number of halogens is 3. The summed E-state index contributed by atoms with van der Waals surface area (Å²) >= 11 is 0. The van der Waals surface area contributed by atoms with Gasteiger partial charge in [-0.3, -0.25) is 4.90 Å². The average Bonchev–Trinajstić information content (AvgIpc) is 3.37. The van der Waals surface area contributed by atoms with Crippen LogP contribution < -0.4 is 9.47 Å². The number of phenolic OH excluding ortho intramolecular Hbond substituents is 1. The minimum atomic E-state index is -4.38. The van der Waals surface area contributed by atoms with Crippen molar-refractivity contribution in [3.8, 4) is 28.4 Å². The Labute approximate surface area is 202 Å². The summed E-state index contributed by atoms with van der Waals surface area (Å²) in [5.41, 5.74) is 2.78. The molecule has 7 heteroatoms. The number of nitrogens with zero attached hydrogens (tertiary/aromatic N) is 1. The van der Waals surface area contributed by atoms with Crippen LogP contribution in [0.3, 0.4) is 0 Å². The molecule has 3 aromatic carbocycles. The topological polar surface area (TPSA) is 41.9 Å². The highest BCUT2D eigenvalue weighted by molar-refractivity contribution is 5.72. The van der Waals surface area contributed by atoms with Gasteiger partial charge in [0.2, 0.25) is 0 Å². The van der Waals surface area contributed by atoms with Crippen molar-refractivity contribution >= 4 is 0 Å². The lowest BCUT2D eigenvalue weighted by atomic mass is 9.85. The molecule has 1 fully saturated rings. The molecule has 35 heavy (non-hydrogen) atoms. The standard InChI is InChI=1S/C28H28F3NO3/c29-28(30,31)21-6-3-19(4-7-21)25-17-20(5-10-26(25)35-16-14-32-12-1-2-13-32)23-11-15-34-27-18-22(33)8-9-24(23)27/h3-10,17-18,23,33H,1-2,11-16H2. The number of likely N-dealkylation sites (tertiary alicyclic amines) is 1. The molecule has 0 aromatic heterocycles. The molecular formula is C28H28F3NO3. The van der Waals surface area contributed by atoms with Gasteiger partial charge in [-0.2, -0.15) is 13.2 Å². The Hall–Kier alpha value is -3.19. The second-order valence-electron chi connectivity index (χ2n) is 9.14. The van der Waals surface area contributed by atoms with Gasteiger partial charge < -0.3 is 14.6 Å². The lowest BCUT2D eigenvalue weighted by molar-refractivity contribution is -0.137. The predicted molar refractivity (Wildman–Crippen MR) is 128 cm³/mol. The molecule has 2 aliphatic rings. The van der Waals surface area contributed by atoms with E-state index in [1.807, 2.05) is 24.3 Å². The van der Waals surface area contributed by atoms with Crippen LogP contribution in [-0.4, -0.2) is 42.9 Å². The fraction of sp³-hybridized carbons (Fsp3) is 0.357. The fourth-order valence-corrected chi connectivity index (χ4v) is 4.97. The van der Waals surface area contributed by atoms with Crippen LogP contribution in [0.2, 0.25) is 0 Å². The molecule has 4 nitrogen and oxygen atoms in total. The number of phenols is 1. The lowest BCUT2D eigenvalue weighted by Crippen LogP contribution is -2.25. The summed E-state index contributed by atoms with van der Waals surface area (Å²) in [6.07, 6.45) is -1.21. The SMILES string of the molecule is Oc1ccc2c(c1)OCCC2c1ccc(OCCN2CCCC2)c(-c2ccc(C(F)(F)F)cc2)c1. The van der Waals surface area contributed by atoms with Gasteiger partial charge >= 0.3 is 6.18 Å². The maximum atomic E-state index is 13.1. The van der Waals surface area contributed by atoms with Crippen LogP contribution >= 0.6 is 0 Å². The van der Waals surface area contributed by atoms with Gasteiger partial charge in [0.1, 0.15) is 23.9 Å². The number of rotatable bonds is 6. The molecule has 2 aliphatic heterocycles. The quantitative estimate of drug-likeness (QED) is 0.437. The number of hydrogen-bond acceptors (Lipinski definition) is 4. The van der Waals surface area contributed by atoms with E-state index >= 15 is 0 Å². The van der Waals surface area contributed by atoms with Gasteiger partial charge in [0, 0.05) is 29.7 Å². The molecule has 0 radical (unpaired) electrons. The van der Waals surface area contributed by atoms with Crippen LogP contribution in [-0.2, 0) is 6.18 Å². The van der Waals surface area contributed by atoms with E-state index in [2.05, 4.69) is 4.90 Å². The lowest BCUT2D eigenvalue weighted by Gasteiger charge is -2.27. The van der Waals surface area contributed by atoms with Gasteiger partial charge in [-0.15, -0.1) is 0 Å². The van der Waals surface area contributed by atoms with Crippen molar-refractivity contribution < 1.29 is 27.8 Å². The van der Waals surface area contributed by atoms with Crippen molar-refractivity contribution in [2.75, 3.05) is 32.8 Å². The number of hydrogen-bond donors (Lipinski definition) is 1. The largest absolute Gasteiger partial charge is 0.508 e. The highest BCUT2D eigenvalue weighted by Gasteiger charge is 2.30. The minimum Gasteiger partial charge on any atom is -0.508 e. The zero-order valence-corrected chi connectivity index (χ0v) is 19.4. The molecule has 0 amide bonds. The summed E-state index contributed by atoms with van der Waals surface area (Å²) in [7, 11) is 0. The Morgan fingerprint density at radius 3 is 2.49 bits per heavy atom. The monoisotopic (exact) mass is 483 g/mol. The molecule has 0 spiro atoms. The number of alkyl halides is 3. The molecule has 0 bridgehead atoms. The van der Waals surface area contributed by atoms with Crippen LogP contribution in [0.25, 0.3) is 11.1 Å². The highest BCUT2D eigenvalue weighted by Crippen LogP contribution is 2.42. The maximum Gasteiger partial charge on any atom is 0.416 e. The van der Waals surface area contributed by atoms with Crippen LogP contribution in [0.1, 0.15) is 41.9 Å². The van der Waals surface area contributed by atoms with Gasteiger partial charge in [0.05, 0.1) is 12.2 Å². The summed E-state index contributed by atoms with van der Waals surface area (Å²) < 4.78 is 51.3. The summed E-state index contributed by atoms with van der Waals surface area (Å²) in [6.45, 7) is 4.02. The molecule has 1 saturated heterocycles. The zero-order chi connectivity index (χ0) is 24.4. The molecule has 5 rings (SSSR count). The second kappa shape index (κ2) is 9.82. The van der Waals surface area contributed by atoms with Crippen molar-refractivity contribution in [2.24, 2.45) is 0 Å². The van der Waals surface area contributed by atoms with Crippen LogP contribution in [0.4, 0.5) is 13.2 Å². The Balaban J connectivity index is 1.47. The van der Waals surface area contributed by atoms with Crippen molar-refractivity contribution in [1.29, 1.82) is 0 Å². The molecule has 0 saturated carbocycles. The van der Waals surface area contributed by atoms with Crippen molar-refractivity contribution in [1.82, 2.24) is 4.90 Å². The minimum absolute atomic E-state index is 0.0474. The first-order chi connectivity index (χ1) is 16.9. The van der Waals surface area contributed by atoms with Crippen molar-refractivity contribution in [2.45, 2.75) is 31.4 Å². The Kier molecular flexibility index (Phi) is 6.60. The van der Waals surface area contributed by atoms with E-state index < -0.39 is 11.7 Å². The normalized spacial score (nSPS) is 18.2. The van der Waals surface area contributed by atoms with Gasteiger partial charge in [-0.25, -0.2) is 0 Å². The molecule has 1 N–H and O–H groups in total. The summed E-state index contributed by atoms with van der Waals surface area (Å²) in [4.78, 5) is 2.36. The highest BCUT2D eigenvalue weighted by atomic mass is 19.4. The van der Waals surface area contributed by atoms with Gasteiger partial charge in [-0.1, -0.05) is 24.3 Å². The maximum absolute atomic E-state index is 13.1. The number of fused-ring (bicyclic) bond motifs is 1. The van der Waals surface area contributed by atoms with Crippen molar-refractivity contribution in [3.05, 3.63) is 77.4 Å². The Morgan fingerprint density at radius 2 is 1.74 bits per heavy atom. The average molecular weight is 484 g/mol. The molecular weight excluding hydrogens is 455 g/mol. The first kappa shape index (κ1) is 23.5. The molecule has 1 atom stereocenters. The van der Waals surface area contributed by atoms with E-state index in [0.717, 1.165) is 54.9 Å². The molecule has 184 valence electrons. The van der Waals surface area contributed by atoms with E-state index in [0.29, 0.717) is 30.3 Å². The van der Waals surface area contributed by atoms with Crippen molar-refractivity contribution in [3.63, 3.8) is 0 Å². The molecule has 3 aromatic rings. The second-order valence-corrected chi connectivity index (χ2v) is 9.14. The van der Waals surface area contributed by atoms with E-state index in [-0.39, 0.29) is 11.7 Å². The van der Waals surface area contributed by atoms with Crippen LogP contribution in [0, 0.1) is 0 Å². The van der Waals surface area contributed by atoms with Gasteiger partial charge in [-0.05, 0) is 73.8 Å². The van der Waals surface area contributed by atoms with E-state index in [1.54, 1.807) is 12.1 Å². The Morgan fingerprint density at radius 1 is 0.971 bits per heavy atom. The molecule has 2 heterocycles. The first-order valence-electron chi connectivity index (χ1n) is 12.0. The summed E-state index contributed by atoms with van der Waals surface area (Å²) in [5.74, 6) is 1.51. The van der Waals surface area contributed by atoms with Crippen LogP contribution in [0.5, 0.6) is 17.2 Å². The summed E-state index contributed by atoms with van der Waals surface area (Å²) in [6, 6.07) is 16.3. The number of ether oxygens (including phenoxy) is 2. The third-order valence-electron chi connectivity index (χ3n) is 6.83. The zero-order valence-electron chi connectivity index (χ0n) is 19.4. The Bertz CT molecular complexity index is 1170. The van der Waals surface area contributed by atoms with Gasteiger partial charge in [0.15, 0.2) is 0 Å². The van der Waals surface area contributed by atoms with E-state index in [9.17, 15) is 18.3 Å². The smallest absolute Gasteiger partial charge is 0.416 e. The third-order valence-corrected chi connectivity index (χ3v) is 6.83. The van der Waals surface area contributed by atoms with Crippen LogP contribution in [0.15, 0.2) is 60.7 Å². The van der Waals surface area contributed by atoms with E-state index in [4.69, 9.17) is 9.47 Å². The molecule has 0 aliphatic carbocycles. The predicted octanol–water partition coefficient (Wildman–Crippen LogP) is 6.47. The number of aromatic hydroxyl groups is 1. The molecule has 1 unspecified atom stereocenters.